The molecule has 0 amide bonds. The average Bonchev–Trinajstić information content (AvgIpc) is 2.98. The van der Waals surface area contributed by atoms with Crippen LogP contribution >= 0.6 is 7.82 Å². The molecule has 0 saturated heterocycles. The molecular formula is C36H70NO8P. The predicted molar refractivity (Wildman–Crippen MR) is 185 cm³/mol. The number of likely N-dealkylation sites (N-methyl/N-ethyl adjacent to an activating group) is 1. The van der Waals surface area contributed by atoms with Crippen LogP contribution in [-0.4, -0.2) is 70.0 Å². The van der Waals surface area contributed by atoms with Gasteiger partial charge in [0.15, 0.2) is 6.10 Å². The molecular weight excluding hydrogens is 605 g/mol. The number of phosphoric acid groups is 1. The quantitative estimate of drug-likeness (QED) is 0.0223. The lowest BCUT2D eigenvalue weighted by Gasteiger charge is -2.28. The molecule has 0 heterocycles. The molecule has 2 unspecified atom stereocenters. The molecule has 0 saturated carbocycles. The highest BCUT2D eigenvalue weighted by Gasteiger charge is 2.21. The Hall–Kier alpha value is -1.25. The van der Waals surface area contributed by atoms with E-state index in [1.165, 1.54) is 116 Å². The Morgan fingerprint density at radius 3 is 1.61 bits per heavy atom. The molecule has 0 radical (unpaired) electrons. The van der Waals surface area contributed by atoms with Gasteiger partial charge in [0.25, 0.3) is 7.82 Å². The van der Waals surface area contributed by atoms with Crippen LogP contribution in [0.4, 0.5) is 0 Å². The molecule has 0 aromatic rings. The monoisotopic (exact) mass is 675 g/mol. The number of esters is 2. The molecule has 0 rings (SSSR count). The van der Waals surface area contributed by atoms with Gasteiger partial charge in [0, 0.05) is 13.3 Å². The number of carbonyl (C=O) groups is 2. The van der Waals surface area contributed by atoms with Crippen molar-refractivity contribution in [2.24, 2.45) is 0 Å². The van der Waals surface area contributed by atoms with Gasteiger partial charge in [-0.3, -0.25) is 14.2 Å². The Morgan fingerprint density at radius 1 is 0.696 bits per heavy atom. The Kier molecular flexibility index (Phi) is 29.0. The summed E-state index contributed by atoms with van der Waals surface area (Å²) in [5.74, 6) is -1.02. The van der Waals surface area contributed by atoms with Gasteiger partial charge in [-0.2, -0.15) is 0 Å². The first-order valence-electron chi connectivity index (χ1n) is 18.3. The number of quaternary nitrogens is 1. The molecule has 0 N–H and O–H groups in total. The molecule has 0 aromatic heterocycles. The van der Waals surface area contributed by atoms with Crippen molar-refractivity contribution in [3.63, 3.8) is 0 Å². The smallest absolute Gasteiger partial charge is 0.306 e. The molecule has 0 spiro atoms. The van der Waals surface area contributed by atoms with Crippen LogP contribution in [0.15, 0.2) is 12.2 Å². The van der Waals surface area contributed by atoms with Gasteiger partial charge in [-0.05, 0) is 32.1 Å². The molecule has 2 atom stereocenters. The summed E-state index contributed by atoms with van der Waals surface area (Å²) in [5.41, 5.74) is 0. The fourth-order valence-corrected chi connectivity index (χ4v) is 5.69. The minimum Gasteiger partial charge on any atom is -0.756 e. The predicted octanol–water partition coefficient (Wildman–Crippen LogP) is 8.83. The van der Waals surface area contributed by atoms with Crippen LogP contribution in [0.2, 0.25) is 0 Å². The van der Waals surface area contributed by atoms with Crippen LogP contribution in [0.1, 0.15) is 155 Å². The van der Waals surface area contributed by atoms with Crippen molar-refractivity contribution in [2.45, 2.75) is 161 Å². The van der Waals surface area contributed by atoms with E-state index < -0.39 is 32.5 Å². The molecule has 0 aromatic carbocycles. The summed E-state index contributed by atoms with van der Waals surface area (Å²) in [4.78, 5) is 35.6. The number of unbranched alkanes of at least 4 members (excludes halogenated alkanes) is 19. The molecule has 46 heavy (non-hydrogen) atoms. The molecule has 10 heteroatoms. The van der Waals surface area contributed by atoms with E-state index in [0.29, 0.717) is 17.4 Å². The first-order valence-corrected chi connectivity index (χ1v) is 19.8. The first-order chi connectivity index (χ1) is 21.9. The molecule has 0 bridgehead atoms. The average molecular weight is 676 g/mol. The van der Waals surface area contributed by atoms with Gasteiger partial charge in [0.05, 0.1) is 27.7 Å². The van der Waals surface area contributed by atoms with Crippen molar-refractivity contribution in [3.05, 3.63) is 12.2 Å². The van der Waals surface area contributed by atoms with Gasteiger partial charge >= 0.3 is 11.9 Å². The Labute approximate surface area is 282 Å². The van der Waals surface area contributed by atoms with E-state index in [1.807, 2.05) is 21.1 Å². The number of phosphoric ester groups is 1. The summed E-state index contributed by atoms with van der Waals surface area (Å²) in [6.07, 6.45) is 30.5. The number of nitrogens with zero attached hydrogens (tertiary/aromatic N) is 1. The van der Waals surface area contributed by atoms with Crippen LogP contribution in [-0.2, 0) is 32.7 Å². The van der Waals surface area contributed by atoms with E-state index in [2.05, 4.69) is 19.1 Å². The van der Waals surface area contributed by atoms with E-state index in [4.69, 9.17) is 18.5 Å². The number of rotatable bonds is 33. The molecule has 0 aliphatic rings. The molecule has 0 aliphatic carbocycles. The van der Waals surface area contributed by atoms with Crippen LogP contribution < -0.4 is 4.89 Å². The van der Waals surface area contributed by atoms with Crippen molar-refractivity contribution in [2.75, 3.05) is 47.5 Å². The van der Waals surface area contributed by atoms with E-state index >= 15 is 0 Å². The van der Waals surface area contributed by atoms with Crippen molar-refractivity contribution in [1.29, 1.82) is 0 Å². The zero-order valence-corrected chi connectivity index (χ0v) is 31.2. The second kappa shape index (κ2) is 29.9. The van der Waals surface area contributed by atoms with Crippen LogP contribution in [0.25, 0.3) is 0 Å². The largest absolute Gasteiger partial charge is 0.756 e. The van der Waals surface area contributed by atoms with Gasteiger partial charge in [0.2, 0.25) is 0 Å². The zero-order valence-electron chi connectivity index (χ0n) is 30.3. The maximum Gasteiger partial charge on any atom is 0.306 e. The van der Waals surface area contributed by atoms with Gasteiger partial charge in [-0.25, -0.2) is 0 Å². The molecule has 0 fully saturated rings. The minimum atomic E-state index is -4.58. The lowest BCUT2D eigenvalue weighted by atomic mass is 10.0. The summed E-state index contributed by atoms with van der Waals surface area (Å²) in [6.45, 7) is 3.19. The lowest BCUT2D eigenvalue weighted by Crippen LogP contribution is -2.37. The first kappa shape index (κ1) is 44.8. The highest BCUT2D eigenvalue weighted by Crippen LogP contribution is 2.38. The fraction of sp³-hybridized carbons (Fsp3) is 0.889. The third-order valence-electron chi connectivity index (χ3n) is 7.84. The maximum atomic E-state index is 12.3. The van der Waals surface area contributed by atoms with Crippen molar-refractivity contribution in [1.82, 2.24) is 0 Å². The molecule has 9 nitrogen and oxygen atoms in total. The van der Waals surface area contributed by atoms with Gasteiger partial charge in [-0.1, -0.05) is 122 Å². The second-order valence-electron chi connectivity index (χ2n) is 13.7. The van der Waals surface area contributed by atoms with Crippen LogP contribution in [0, 0.1) is 0 Å². The van der Waals surface area contributed by atoms with Gasteiger partial charge in [-0.15, -0.1) is 0 Å². The highest BCUT2D eigenvalue weighted by molar-refractivity contribution is 7.45. The highest BCUT2D eigenvalue weighted by atomic mass is 31.2. The number of allylic oxidation sites excluding steroid dienone is 2. The van der Waals surface area contributed by atoms with Gasteiger partial charge in [0.1, 0.15) is 19.8 Å². The maximum absolute atomic E-state index is 12.3. The molecule has 0 aliphatic heterocycles. The van der Waals surface area contributed by atoms with Crippen molar-refractivity contribution in [3.8, 4) is 0 Å². The number of carbonyl (C=O) groups excluding carboxylic acids is 2. The Bertz CT molecular complexity index is 814. The third kappa shape index (κ3) is 34.1. The summed E-state index contributed by atoms with van der Waals surface area (Å²) in [5, 5.41) is 0. The number of hydrogen-bond acceptors (Lipinski definition) is 8. The summed E-state index contributed by atoms with van der Waals surface area (Å²) >= 11 is 0. The number of hydrogen-bond donors (Lipinski definition) is 0. The summed E-state index contributed by atoms with van der Waals surface area (Å²) < 4.78 is 32.6. The fourth-order valence-electron chi connectivity index (χ4n) is 4.96. The Morgan fingerprint density at radius 2 is 1.15 bits per heavy atom. The third-order valence-corrected chi connectivity index (χ3v) is 8.81. The van der Waals surface area contributed by atoms with Gasteiger partial charge < -0.3 is 27.9 Å². The summed E-state index contributed by atoms with van der Waals surface area (Å²) in [7, 11) is 1.16. The van der Waals surface area contributed by atoms with Crippen LogP contribution in [0.5, 0.6) is 0 Å². The number of ether oxygens (including phenoxy) is 2. The second-order valence-corrected chi connectivity index (χ2v) is 15.1. The van der Waals surface area contributed by atoms with E-state index in [9.17, 15) is 19.0 Å². The SMILES string of the molecule is CCCCCCCCCC/C=C\CCCCCCCCCCCCCC(=O)OC(COC(C)=O)COP(=O)([O-])OCC[N+](C)(C)C. The van der Waals surface area contributed by atoms with E-state index in [0.717, 1.165) is 19.3 Å². The Balaban J connectivity index is 3.78. The van der Waals surface area contributed by atoms with Crippen molar-refractivity contribution >= 4 is 19.8 Å². The zero-order chi connectivity index (χ0) is 34.4. The normalized spacial score (nSPS) is 14.0. The molecule has 272 valence electrons. The van der Waals surface area contributed by atoms with E-state index in [-0.39, 0.29) is 19.6 Å². The lowest BCUT2D eigenvalue weighted by molar-refractivity contribution is -0.870. The topological polar surface area (TPSA) is 111 Å². The minimum absolute atomic E-state index is 0.0315. The van der Waals surface area contributed by atoms with Crippen molar-refractivity contribution < 1.29 is 42.1 Å². The summed E-state index contributed by atoms with van der Waals surface area (Å²) in [6, 6.07) is 0. The van der Waals surface area contributed by atoms with E-state index in [1.54, 1.807) is 0 Å². The van der Waals surface area contributed by atoms with Crippen LogP contribution in [0.3, 0.4) is 0 Å². The standard InChI is InChI=1S/C36H70NO8P/c1-6-7-8-9-10-11-12-13-14-15-16-17-18-19-20-21-22-23-24-25-26-27-28-29-36(39)45-35(32-42-34(2)38)33-44-46(40,41)43-31-30-37(3,4)5/h15-16,35H,6-14,17-33H2,1-5H3/b16-15-.